The van der Waals surface area contributed by atoms with Crippen LogP contribution < -0.4 is 5.32 Å². The molecule has 1 aromatic carbocycles. The molecule has 0 unspecified atom stereocenters. The van der Waals surface area contributed by atoms with Crippen LogP contribution in [0.4, 0.5) is 4.39 Å². The number of halogens is 1. The van der Waals surface area contributed by atoms with Crippen molar-refractivity contribution >= 4 is 11.8 Å². The average molecular weight is 238 g/mol. The predicted octanol–water partition coefficient (Wildman–Crippen LogP) is 0.103. The van der Waals surface area contributed by atoms with Crippen LogP contribution in [0.3, 0.4) is 0 Å². The zero-order chi connectivity index (χ0) is 12.4. The molecular weight excluding hydrogens is 227 g/mol. The van der Waals surface area contributed by atoms with E-state index in [0.717, 1.165) is 18.2 Å². The van der Waals surface area contributed by atoms with Gasteiger partial charge in [0.15, 0.2) is 0 Å². The topological polar surface area (TPSA) is 69.6 Å². The van der Waals surface area contributed by atoms with E-state index in [1.54, 1.807) is 0 Å². The minimum atomic E-state index is -0.604. The van der Waals surface area contributed by atoms with E-state index < -0.39 is 11.7 Å². The zero-order valence-corrected chi connectivity index (χ0v) is 8.94. The number of amides is 2. The molecule has 6 heteroatoms. The Kier molecular flexibility index (Phi) is 2.95. The van der Waals surface area contributed by atoms with E-state index >= 15 is 0 Å². The van der Waals surface area contributed by atoms with Gasteiger partial charge in [0, 0.05) is 13.1 Å². The summed E-state index contributed by atoms with van der Waals surface area (Å²) in [4.78, 5) is 24.3. The van der Waals surface area contributed by atoms with E-state index in [-0.39, 0.29) is 23.8 Å². The fourth-order valence-corrected chi connectivity index (χ4v) is 1.66. The second kappa shape index (κ2) is 4.40. The lowest BCUT2D eigenvalue weighted by molar-refractivity contribution is -0.123. The van der Waals surface area contributed by atoms with Gasteiger partial charge in [-0.05, 0) is 18.2 Å². The number of carbonyl (C=O) groups excluding carboxylic acids is 2. The van der Waals surface area contributed by atoms with Crippen LogP contribution in [-0.4, -0.2) is 41.5 Å². The fourth-order valence-electron chi connectivity index (χ4n) is 1.66. The number of phenols is 1. The van der Waals surface area contributed by atoms with E-state index in [2.05, 4.69) is 5.32 Å². The molecule has 0 saturated carbocycles. The van der Waals surface area contributed by atoms with Gasteiger partial charge in [0.25, 0.3) is 5.91 Å². The highest BCUT2D eigenvalue weighted by Gasteiger charge is 2.24. The number of hydrogen-bond acceptors (Lipinski definition) is 3. The number of nitrogens with zero attached hydrogens (tertiary/aromatic N) is 1. The van der Waals surface area contributed by atoms with Gasteiger partial charge >= 0.3 is 0 Å². The largest absolute Gasteiger partial charge is 0.507 e. The molecule has 2 amide bonds. The quantitative estimate of drug-likeness (QED) is 0.729. The normalized spacial score (nSPS) is 15.6. The monoisotopic (exact) mass is 238 g/mol. The number of hydrogen-bond donors (Lipinski definition) is 2. The summed E-state index contributed by atoms with van der Waals surface area (Å²) in [7, 11) is 0. The van der Waals surface area contributed by atoms with Crippen LogP contribution in [0.15, 0.2) is 18.2 Å². The van der Waals surface area contributed by atoms with Gasteiger partial charge in [0.05, 0.1) is 12.1 Å². The van der Waals surface area contributed by atoms with E-state index in [4.69, 9.17) is 0 Å². The van der Waals surface area contributed by atoms with Gasteiger partial charge in [-0.2, -0.15) is 0 Å². The van der Waals surface area contributed by atoms with Crippen molar-refractivity contribution in [1.29, 1.82) is 0 Å². The Morgan fingerprint density at radius 3 is 2.94 bits per heavy atom. The van der Waals surface area contributed by atoms with Gasteiger partial charge in [-0.25, -0.2) is 4.39 Å². The van der Waals surface area contributed by atoms with E-state index in [1.165, 1.54) is 4.90 Å². The smallest absolute Gasteiger partial charge is 0.258 e. The van der Waals surface area contributed by atoms with Crippen LogP contribution >= 0.6 is 0 Å². The zero-order valence-electron chi connectivity index (χ0n) is 8.94. The third kappa shape index (κ3) is 2.35. The lowest BCUT2D eigenvalue weighted by Crippen LogP contribution is -2.50. The highest BCUT2D eigenvalue weighted by Crippen LogP contribution is 2.20. The number of nitrogens with one attached hydrogen (secondary N) is 1. The summed E-state index contributed by atoms with van der Waals surface area (Å²) in [5, 5.41) is 12.1. The maximum atomic E-state index is 13.0. The highest BCUT2D eigenvalue weighted by atomic mass is 19.1. The first-order valence-electron chi connectivity index (χ1n) is 5.12. The molecule has 2 N–H and O–H groups in total. The van der Waals surface area contributed by atoms with Gasteiger partial charge in [0.1, 0.15) is 11.6 Å². The molecule has 17 heavy (non-hydrogen) atoms. The van der Waals surface area contributed by atoms with Crippen molar-refractivity contribution in [2.24, 2.45) is 0 Å². The lowest BCUT2D eigenvalue weighted by atomic mass is 10.1. The van der Waals surface area contributed by atoms with Gasteiger partial charge in [0.2, 0.25) is 5.91 Å². The maximum absolute atomic E-state index is 13.0. The van der Waals surface area contributed by atoms with Crippen molar-refractivity contribution < 1.29 is 19.1 Å². The summed E-state index contributed by atoms with van der Waals surface area (Å²) in [6.45, 7) is 0.635. The van der Waals surface area contributed by atoms with Crippen molar-refractivity contribution in [3.8, 4) is 5.75 Å². The average Bonchev–Trinajstić information content (AvgIpc) is 2.31. The van der Waals surface area contributed by atoms with Crippen molar-refractivity contribution in [1.82, 2.24) is 10.2 Å². The molecule has 1 aliphatic heterocycles. The summed E-state index contributed by atoms with van der Waals surface area (Å²) >= 11 is 0. The molecule has 2 rings (SSSR count). The van der Waals surface area contributed by atoms with Crippen LogP contribution in [0.1, 0.15) is 10.4 Å². The van der Waals surface area contributed by atoms with E-state index in [1.807, 2.05) is 0 Å². The van der Waals surface area contributed by atoms with Crippen LogP contribution in [0.25, 0.3) is 0 Å². The SMILES string of the molecule is O=C1CN(C(=O)c2cc(F)ccc2O)CCN1. The summed E-state index contributed by atoms with van der Waals surface area (Å²) in [5.41, 5.74) is -0.125. The molecule has 90 valence electrons. The number of carbonyl (C=O) groups is 2. The number of rotatable bonds is 1. The van der Waals surface area contributed by atoms with Crippen LogP contribution in [-0.2, 0) is 4.79 Å². The Morgan fingerprint density at radius 2 is 2.24 bits per heavy atom. The second-order valence-electron chi connectivity index (χ2n) is 3.74. The molecule has 0 radical (unpaired) electrons. The Hall–Kier alpha value is -2.11. The molecular formula is C11H11FN2O3. The minimum absolute atomic E-state index is 0.0746. The molecule has 0 atom stereocenters. The molecule has 0 aliphatic carbocycles. The molecule has 1 fully saturated rings. The molecule has 1 aromatic rings. The summed E-state index contributed by atoms with van der Waals surface area (Å²) in [5.74, 6) is -1.70. The van der Waals surface area contributed by atoms with Crippen molar-refractivity contribution in [3.05, 3.63) is 29.6 Å². The first kappa shape index (κ1) is 11.4. The number of piperazine rings is 1. The standard InChI is InChI=1S/C11H11FN2O3/c12-7-1-2-9(15)8(5-7)11(17)14-4-3-13-10(16)6-14/h1-2,5,15H,3-4,6H2,(H,13,16). The first-order valence-corrected chi connectivity index (χ1v) is 5.12. The van der Waals surface area contributed by atoms with Crippen molar-refractivity contribution in [2.75, 3.05) is 19.6 Å². The van der Waals surface area contributed by atoms with Crippen LogP contribution in [0.5, 0.6) is 5.75 Å². The van der Waals surface area contributed by atoms with Crippen LogP contribution in [0, 0.1) is 5.82 Å². The van der Waals surface area contributed by atoms with Gasteiger partial charge in [-0.1, -0.05) is 0 Å². The van der Waals surface area contributed by atoms with E-state index in [0.29, 0.717) is 13.1 Å². The summed E-state index contributed by atoms with van der Waals surface area (Å²) < 4.78 is 13.0. The number of benzene rings is 1. The molecule has 0 spiro atoms. The number of phenolic OH excluding ortho intramolecular Hbond substituents is 1. The second-order valence-corrected chi connectivity index (χ2v) is 3.74. The molecule has 0 aromatic heterocycles. The Bertz CT molecular complexity index is 476. The van der Waals surface area contributed by atoms with Crippen LogP contribution in [0.2, 0.25) is 0 Å². The summed E-state index contributed by atoms with van der Waals surface area (Å²) in [6, 6.07) is 3.14. The van der Waals surface area contributed by atoms with Crippen molar-refractivity contribution in [2.45, 2.75) is 0 Å². The molecule has 5 nitrogen and oxygen atoms in total. The number of aromatic hydroxyl groups is 1. The third-order valence-electron chi connectivity index (χ3n) is 2.51. The minimum Gasteiger partial charge on any atom is -0.507 e. The lowest BCUT2D eigenvalue weighted by Gasteiger charge is -2.26. The van der Waals surface area contributed by atoms with Crippen molar-refractivity contribution in [3.63, 3.8) is 0 Å². The predicted molar refractivity (Wildman–Crippen MR) is 57.0 cm³/mol. The Morgan fingerprint density at radius 1 is 1.47 bits per heavy atom. The fraction of sp³-hybridized carbons (Fsp3) is 0.273. The maximum Gasteiger partial charge on any atom is 0.258 e. The molecule has 1 aliphatic rings. The highest BCUT2D eigenvalue weighted by molar-refractivity contribution is 5.99. The summed E-state index contributed by atoms with van der Waals surface area (Å²) in [6.07, 6.45) is 0. The third-order valence-corrected chi connectivity index (χ3v) is 2.51. The Balaban J connectivity index is 2.24. The molecule has 1 heterocycles. The van der Waals surface area contributed by atoms with Gasteiger partial charge < -0.3 is 15.3 Å². The molecule has 0 bridgehead atoms. The molecule has 1 saturated heterocycles. The van der Waals surface area contributed by atoms with E-state index in [9.17, 15) is 19.1 Å². The first-order chi connectivity index (χ1) is 8.08. The van der Waals surface area contributed by atoms with Gasteiger partial charge in [-0.3, -0.25) is 9.59 Å². The van der Waals surface area contributed by atoms with Gasteiger partial charge in [-0.15, -0.1) is 0 Å². The Labute approximate surface area is 96.8 Å².